The maximum atomic E-state index is 5.68. The largest absolute Gasteiger partial charge is 0.263 e. The lowest BCUT2D eigenvalue weighted by atomic mass is 10.3. The van der Waals surface area contributed by atoms with Crippen molar-refractivity contribution in [1.29, 1.82) is 0 Å². The summed E-state index contributed by atoms with van der Waals surface area (Å²) in [6.07, 6.45) is 3.54. The maximum Gasteiger partial charge on any atom is 0.125 e. The quantitative estimate of drug-likeness (QED) is 0.788. The van der Waals surface area contributed by atoms with Gasteiger partial charge in [-0.1, -0.05) is 0 Å². The second kappa shape index (κ2) is 4.38. The van der Waals surface area contributed by atoms with E-state index in [1.54, 1.807) is 23.7 Å². The minimum absolute atomic E-state index is 0.456. The predicted molar refractivity (Wildman–Crippen MR) is 62.6 cm³/mol. The molecule has 5 heteroatoms. The third kappa shape index (κ3) is 2.13. The first kappa shape index (κ1) is 10.1. The smallest absolute Gasteiger partial charge is 0.125 e. The van der Waals surface area contributed by atoms with Gasteiger partial charge in [0.1, 0.15) is 5.01 Å². The van der Waals surface area contributed by atoms with Crippen LogP contribution in [0.4, 0.5) is 0 Å². The molecule has 2 aromatic heterocycles. The molecule has 0 fully saturated rings. The maximum absolute atomic E-state index is 5.68. The van der Waals surface area contributed by atoms with Crippen molar-refractivity contribution in [2.24, 2.45) is 0 Å². The van der Waals surface area contributed by atoms with Gasteiger partial charge in [0.25, 0.3) is 0 Å². The zero-order valence-corrected chi connectivity index (χ0v) is 10.2. The van der Waals surface area contributed by atoms with Gasteiger partial charge in [0.15, 0.2) is 0 Å². The molecule has 0 aliphatic heterocycles. The number of alkyl halides is 1. The van der Waals surface area contributed by atoms with E-state index in [9.17, 15) is 0 Å². The van der Waals surface area contributed by atoms with Crippen LogP contribution in [-0.2, 0) is 5.88 Å². The molecule has 2 rings (SSSR count). The minimum atomic E-state index is 0.456. The summed E-state index contributed by atoms with van der Waals surface area (Å²) in [4.78, 5) is 8.45. The summed E-state index contributed by atoms with van der Waals surface area (Å²) >= 11 is 10.6. The van der Waals surface area contributed by atoms with Gasteiger partial charge in [-0.3, -0.25) is 4.98 Å². The van der Waals surface area contributed by atoms with E-state index in [0.29, 0.717) is 5.88 Å². The van der Waals surface area contributed by atoms with Crippen molar-refractivity contribution in [3.8, 4) is 10.6 Å². The van der Waals surface area contributed by atoms with Crippen molar-refractivity contribution in [3.05, 3.63) is 34.0 Å². The molecular formula is C9H6BrClN2S. The molecule has 0 saturated carbocycles. The highest BCUT2D eigenvalue weighted by atomic mass is 79.9. The van der Waals surface area contributed by atoms with E-state index in [1.807, 2.05) is 11.4 Å². The summed E-state index contributed by atoms with van der Waals surface area (Å²) in [7, 11) is 0. The van der Waals surface area contributed by atoms with E-state index in [1.165, 1.54) is 0 Å². The molecule has 2 heterocycles. The number of aromatic nitrogens is 2. The van der Waals surface area contributed by atoms with Crippen LogP contribution in [0.3, 0.4) is 0 Å². The summed E-state index contributed by atoms with van der Waals surface area (Å²) in [6, 6.07) is 1.99. The highest BCUT2D eigenvalue weighted by Gasteiger charge is 2.04. The minimum Gasteiger partial charge on any atom is -0.263 e. The SMILES string of the molecule is ClCc1csc(-c2cncc(Br)c2)n1. The Labute approximate surface area is 99.1 Å². The van der Waals surface area contributed by atoms with E-state index in [4.69, 9.17) is 11.6 Å². The molecular weight excluding hydrogens is 284 g/mol. The lowest BCUT2D eigenvalue weighted by Gasteiger charge is -1.95. The number of hydrogen-bond donors (Lipinski definition) is 0. The monoisotopic (exact) mass is 288 g/mol. The highest BCUT2D eigenvalue weighted by molar-refractivity contribution is 9.10. The van der Waals surface area contributed by atoms with Crippen LogP contribution in [-0.4, -0.2) is 9.97 Å². The predicted octanol–water partition coefficient (Wildman–Crippen LogP) is 3.71. The number of thiazole rings is 1. The van der Waals surface area contributed by atoms with Crippen molar-refractivity contribution in [3.63, 3.8) is 0 Å². The third-order valence-electron chi connectivity index (χ3n) is 1.64. The molecule has 0 unspecified atom stereocenters. The molecule has 0 aromatic carbocycles. The first-order chi connectivity index (χ1) is 6.79. The summed E-state index contributed by atoms with van der Waals surface area (Å²) in [5, 5.41) is 2.91. The van der Waals surface area contributed by atoms with Crippen LogP contribution in [0, 0.1) is 0 Å². The lowest BCUT2D eigenvalue weighted by molar-refractivity contribution is 1.22. The third-order valence-corrected chi connectivity index (χ3v) is 3.29. The summed E-state index contributed by atoms with van der Waals surface area (Å²) in [6.45, 7) is 0. The number of halogens is 2. The van der Waals surface area contributed by atoms with Gasteiger partial charge in [0, 0.05) is 27.8 Å². The van der Waals surface area contributed by atoms with Crippen LogP contribution in [0.15, 0.2) is 28.3 Å². The lowest BCUT2D eigenvalue weighted by Crippen LogP contribution is -1.81. The fourth-order valence-electron chi connectivity index (χ4n) is 1.03. The highest BCUT2D eigenvalue weighted by Crippen LogP contribution is 2.25. The molecule has 0 aliphatic rings. The zero-order chi connectivity index (χ0) is 9.97. The normalized spacial score (nSPS) is 10.4. The van der Waals surface area contributed by atoms with Gasteiger partial charge in [0.2, 0.25) is 0 Å². The van der Waals surface area contributed by atoms with Crippen LogP contribution in [0.2, 0.25) is 0 Å². The molecule has 0 aliphatic carbocycles. The van der Waals surface area contributed by atoms with Gasteiger partial charge in [-0.15, -0.1) is 22.9 Å². The van der Waals surface area contributed by atoms with Crippen molar-refractivity contribution in [2.45, 2.75) is 5.88 Å². The fourth-order valence-corrected chi connectivity index (χ4v) is 2.42. The molecule has 72 valence electrons. The Bertz CT molecular complexity index is 444. The molecule has 0 radical (unpaired) electrons. The molecule has 0 saturated heterocycles. The zero-order valence-electron chi connectivity index (χ0n) is 7.08. The Morgan fingerprint density at radius 3 is 2.93 bits per heavy atom. The second-order valence-electron chi connectivity index (χ2n) is 2.67. The van der Waals surface area contributed by atoms with Gasteiger partial charge in [0.05, 0.1) is 11.6 Å². The average molecular weight is 290 g/mol. The van der Waals surface area contributed by atoms with Gasteiger partial charge < -0.3 is 0 Å². The van der Waals surface area contributed by atoms with Crippen LogP contribution >= 0.6 is 38.9 Å². The van der Waals surface area contributed by atoms with Crippen molar-refractivity contribution in [2.75, 3.05) is 0 Å². The summed E-state index contributed by atoms with van der Waals surface area (Å²) in [5.41, 5.74) is 1.92. The van der Waals surface area contributed by atoms with E-state index >= 15 is 0 Å². The fraction of sp³-hybridized carbons (Fsp3) is 0.111. The molecule has 0 spiro atoms. The van der Waals surface area contributed by atoms with Crippen molar-refractivity contribution < 1.29 is 0 Å². The Balaban J connectivity index is 2.39. The molecule has 2 nitrogen and oxygen atoms in total. The molecule has 0 N–H and O–H groups in total. The number of nitrogens with zero attached hydrogens (tertiary/aromatic N) is 2. The molecule has 0 bridgehead atoms. The molecule has 2 aromatic rings. The Hall–Kier alpha value is -0.450. The van der Waals surface area contributed by atoms with Crippen LogP contribution in [0.5, 0.6) is 0 Å². The van der Waals surface area contributed by atoms with E-state index < -0.39 is 0 Å². The van der Waals surface area contributed by atoms with E-state index in [2.05, 4.69) is 25.9 Å². The van der Waals surface area contributed by atoms with Crippen molar-refractivity contribution >= 4 is 38.9 Å². The number of pyridine rings is 1. The van der Waals surface area contributed by atoms with Crippen LogP contribution in [0.1, 0.15) is 5.69 Å². The number of hydrogen-bond acceptors (Lipinski definition) is 3. The van der Waals surface area contributed by atoms with Crippen LogP contribution in [0.25, 0.3) is 10.6 Å². The topological polar surface area (TPSA) is 25.8 Å². The van der Waals surface area contributed by atoms with Gasteiger partial charge in [-0.25, -0.2) is 4.98 Å². The Morgan fingerprint density at radius 2 is 2.29 bits per heavy atom. The molecule has 0 amide bonds. The first-order valence-electron chi connectivity index (χ1n) is 3.91. The van der Waals surface area contributed by atoms with E-state index in [0.717, 1.165) is 20.7 Å². The van der Waals surface area contributed by atoms with E-state index in [-0.39, 0.29) is 0 Å². The van der Waals surface area contributed by atoms with Gasteiger partial charge >= 0.3 is 0 Å². The van der Waals surface area contributed by atoms with Crippen molar-refractivity contribution in [1.82, 2.24) is 9.97 Å². The average Bonchev–Trinajstić information content (AvgIpc) is 2.66. The van der Waals surface area contributed by atoms with Gasteiger partial charge in [-0.2, -0.15) is 0 Å². The summed E-state index contributed by atoms with van der Waals surface area (Å²) < 4.78 is 0.956. The second-order valence-corrected chi connectivity index (χ2v) is 4.71. The summed E-state index contributed by atoms with van der Waals surface area (Å²) in [5.74, 6) is 0.456. The Morgan fingerprint density at radius 1 is 1.43 bits per heavy atom. The number of rotatable bonds is 2. The first-order valence-corrected chi connectivity index (χ1v) is 6.11. The standard InChI is InChI=1S/C9H6BrClN2S/c10-7-1-6(3-12-4-7)9-13-8(2-11)5-14-9/h1,3-5H,2H2. The Kier molecular flexibility index (Phi) is 3.15. The molecule has 0 atom stereocenters. The molecule has 14 heavy (non-hydrogen) atoms. The van der Waals surface area contributed by atoms with Crippen LogP contribution < -0.4 is 0 Å². The van der Waals surface area contributed by atoms with Gasteiger partial charge in [-0.05, 0) is 22.0 Å².